The van der Waals surface area contributed by atoms with E-state index in [4.69, 9.17) is 4.43 Å². The molecule has 0 aromatic carbocycles. The first-order valence-corrected chi connectivity index (χ1v) is 22.4. The summed E-state index contributed by atoms with van der Waals surface area (Å²) in [4.78, 5) is 0. The topological polar surface area (TPSA) is 29.5 Å². The third-order valence-electron chi connectivity index (χ3n) is 6.81. The Bertz CT molecular complexity index is 417. The van der Waals surface area contributed by atoms with Crippen molar-refractivity contribution >= 4 is 26.7 Å². The van der Waals surface area contributed by atoms with E-state index in [2.05, 4.69) is 60.7 Å². The number of unbranched alkanes of at least 4 members (excludes halogenated alkanes) is 3. The number of hydrogen-bond donors (Lipinski definition) is 1. The standard InChI is InChI=1S/C12H25O2Si.3C4H9.Sn/c1-11(13)9-7-8-10-14-15(5,6)12(2,3)4;3*1-3-4-2;/h7,11,13H,9-10H2,1-6H3;3*1,3-4H2,2H3;. The second kappa shape index (κ2) is 13.9. The van der Waals surface area contributed by atoms with E-state index in [1.54, 1.807) is 3.59 Å². The Hall–Kier alpha value is 0.676. The molecule has 0 aromatic rings. The van der Waals surface area contributed by atoms with Gasteiger partial charge in [-0.2, -0.15) is 0 Å². The predicted octanol–water partition coefficient (Wildman–Crippen LogP) is 8.09. The van der Waals surface area contributed by atoms with Crippen molar-refractivity contribution in [3.63, 3.8) is 0 Å². The van der Waals surface area contributed by atoms with E-state index in [0.717, 1.165) is 13.0 Å². The van der Waals surface area contributed by atoms with Gasteiger partial charge in [0.1, 0.15) is 0 Å². The van der Waals surface area contributed by atoms with Gasteiger partial charge in [-0.15, -0.1) is 0 Å². The first kappa shape index (κ1) is 28.7. The molecule has 0 saturated carbocycles. The average Bonchev–Trinajstić information content (AvgIpc) is 2.60. The fraction of sp³-hybridized carbons (Fsp3) is 0.917. The SMILES string of the molecule is CCC[CH2][Sn]([CH2]CCC)([CH2]CCC)/[C](=C/CC(C)O)CO[Si](C)(C)C(C)(C)C. The van der Waals surface area contributed by atoms with E-state index in [-0.39, 0.29) is 11.1 Å². The molecular weight excluding hydrogens is 467 g/mol. The number of hydrogen-bond acceptors (Lipinski definition) is 2. The van der Waals surface area contributed by atoms with Gasteiger partial charge >= 0.3 is 183 Å². The molecule has 2 nitrogen and oxygen atoms in total. The zero-order valence-electron chi connectivity index (χ0n) is 20.8. The van der Waals surface area contributed by atoms with Crippen molar-refractivity contribution in [1.29, 1.82) is 0 Å². The molecule has 0 amide bonds. The zero-order chi connectivity index (χ0) is 21.8. The molecule has 0 aliphatic carbocycles. The van der Waals surface area contributed by atoms with Gasteiger partial charge in [0.25, 0.3) is 0 Å². The Morgan fingerprint density at radius 3 is 1.71 bits per heavy atom. The maximum atomic E-state index is 10.00. The Balaban J connectivity index is 5.87. The monoisotopic (exact) mass is 520 g/mol. The summed E-state index contributed by atoms with van der Waals surface area (Å²) in [6.07, 6.45) is 11.0. The fourth-order valence-corrected chi connectivity index (χ4v) is 21.3. The van der Waals surface area contributed by atoms with Crippen molar-refractivity contribution in [2.24, 2.45) is 0 Å². The summed E-state index contributed by atoms with van der Waals surface area (Å²) < 4.78 is 12.9. The third kappa shape index (κ3) is 10.1. The van der Waals surface area contributed by atoms with Crippen LogP contribution in [-0.2, 0) is 4.43 Å². The van der Waals surface area contributed by atoms with Crippen molar-refractivity contribution in [2.75, 3.05) is 6.61 Å². The van der Waals surface area contributed by atoms with Crippen molar-refractivity contribution in [3.05, 3.63) is 9.67 Å². The van der Waals surface area contributed by atoms with Crippen LogP contribution in [-0.4, -0.2) is 44.5 Å². The molecule has 0 aromatic heterocycles. The zero-order valence-corrected chi connectivity index (χ0v) is 24.6. The summed E-state index contributed by atoms with van der Waals surface area (Å²) in [6.45, 7) is 21.5. The van der Waals surface area contributed by atoms with Crippen LogP contribution >= 0.6 is 0 Å². The van der Waals surface area contributed by atoms with Gasteiger partial charge in [0, 0.05) is 0 Å². The molecular formula is C24H52O2SiSn. The molecule has 0 radical (unpaired) electrons. The molecule has 0 rings (SSSR count). The van der Waals surface area contributed by atoms with E-state index in [0.29, 0.717) is 0 Å². The van der Waals surface area contributed by atoms with Crippen molar-refractivity contribution in [1.82, 2.24) is 0 Å². The minimum atomic E-state index is -2.50. The minimum absolute atomic E-state index is 0.247. The van der Waals surface area contributed by atoms with Gasteiger partial charge in [-0.1, -0.05) is 0 Å². The van der Waals surface area contributed by atoms with Gasteiger partial charge in [-0.25, -0.2) is 0 Å². The molecule has 4 heteroatoms. The van der Waals surface area contributed by atoms with Crippen molar-refractivity contribution < 1.29 is 9.53 Å². The van der Waals surface area contributed by atoms with E-state index in [1.807, 2.05) is 6.92 Å². The summed E-state index contributed by atoms with van der Waals surface area (Å²) in [5.41, 5.74) is 0. The molecule has 168 valence electrons. The molecule has 0 spiro atoms. The van der Waals surface area contributed by atoms with Gasteiger partial charge in [0.15, 0.2) is 0 Å². The Morgan fingerprint density at radius 1 is 0.964 bits per heavy atom. The Kier molecular flexibility index (Phi) is 14.2. The molecule has 1 unspecified atom stereocenters. The van der Waals surface area contributed by atoms with Gasteiger partial charge in [0.2, 0.25) is 0 Å². The first-order chi connectivity index (χ1) is 13.0. The molecule has 0 heterocycles. The molecule has 0 saturated heterocycles. The van der Waals surface area contributed by atoms with Crippen LogP contribution in [0.4, 0.5) is 0 Å². The van der Waals surface area contributed by atoms with E-state index >= 15 is 0 Å². The van der Waals surface area contributed by atoms with E-state index < -0.39 is 26.7 Å². The summed E-state index contributed by atoms with van der Waals surface area (Å²) in [6, 6.07) is 0. The number of rotatable bonds is 15. The van der Waals surface area contributed by atoms with E-state index in [9.17, 15) is 5.11 Å². The molecule has 0 aliphatic rings. The maximum absolute atomic E-state index is 10.00. The first-order valence-electron chi connectivity index (χ1n) is 12.0. The van der Waals surface area contributed by atoms with Gasteiger partial charge in [-0.3, -0.25) is 0 Å². The van der Waals surface area contributed by atoms with Crippen LogP contribution in [0.25, 0.3) is 0 Å². The molecule has 1 atom stereocenters. The number of aliphatic hydroxyl groups is 1. The predicted molar refractivity (Wildman–Crippen MR) is 132 cm³/mol. The molecule has 0 fully saturated rings. The molecule has 1 N–H and O–H groups in total. The van der Waals surface area contributed by atoms with Gasteiger partial charge < -0.3 is 0 Å². The van der Waals surface area contributed by atoms with Crippen LogP contribution in [0.1, 0.15) is 93.4 Å². The van der Waals surface area contributed by atoms with E-state index in [1.165, 1.54) is 51.8 Å². The van der Waals surface area contributed by atoms with Crippen LogP contribution < -0.4 is 0 Å². The van der Waals surface area contributed by atoms with Crippen molar-refractivity contribution in [3.8, 4) is 0 Å². The molecule has 28 heavy (non-hydrogen) atoms. The van der Waals surface area contributed by atoms with Crippen LogP contribution in [0.2, 0.25) is 31.4 Å². The van der Waals surface area contributed by atoms with Gasteiger partial charge in [-0.05, 0) is 0 Å². The fourth-order valence-electron chi connectivity index (χ4n) is 3.62. The average molecular weight is 519 g/mol. The second-order valence-corrected chi connectivity index (χ2v) is 28.7. The van der Waals surface area contributed by atoms with Crippen LogP contribution in [0.15, 0.2) is 9.67 Å². The second-order valence-electron chi connectivity index (χ2n) is 10.5. The van der Waals surface area contributed by atoms with Crippen LogP contribution in [0.5, 0.6) is 0 Å². The summed E-state index contributed by atoms with van der Waals surface area (Å²) in [7, 11) is -1.77. The summed E-state index contributed by atoms with van der Waals surface area (Å²) in [5.74, 6) is 0. The van der Waals surface area contributed by atoms with Crippen LogP contribution in [0, 0.1) is 0 Å². The number of aliphatic hydroxyl groups excluding tert-OH is 1. The third-order valence-corrected chi connectivity index (χ3v) is 27.4. The van der Waals surface area contributed by atoms with Crippen molar-refractivity contribution in [2.45, 2.75) is 131 Å². The van der Waals surface area contributed by atoms with Crippen LogP contribution in [0.3, 0.4) is 0 Å². The Morgan fingerprint density at radius 2 is 1.39 bits per heavy atom. The quantitative estimate of drug-likeness (QED) is 0.222. The molecule has 0 aliphatic heterocycles. The summed E-state index contributed by atoms with van der Waals surface area (Å²) in [5, 5.41) is 10.2. The normalized spacial score (nSPS) is 15.1. The summed E-state index contributed by atoms with van der Waals surface area (Å²) >= 11 is -2.50. The Labute approximate surface area is 182 Å². The molecule has 0 bridgehead atoms. The van der Waals surface area contributed by atoms with Gasteiger partial charge in [0.05, 0.1) is 0 Å².